The lowest BCUT2D eigenvalue weighted by molar-refractivity contribution is 0.725. The number of hydrogen-bond donors (Lipinski definition) is 0. The molecule has 1 aliphatic carbocycles. The highest BCUT2D eigenvalue weighted by molar-refractivity contribution is 7.25. The summed E-state index contributed by atoms with van der Waals surface area (Å²) < 4.78 is 2.60. The maximum atomic E-state index is 2.52. The summed E-state index contributed by atoms with van der Waals surface area (Å²) in [7, 11) is 0. The number of thiophene rings is 1. The first-order valence-electron chi connectivity index (χ1n) is 19.0. The third-order valence-corrected chi connectivity index (χ3v) is 12.5. The summed E-state index contributed by atoms with van der Waals surface area (Å²) in [6, 6.07) is 71.3. The molecule has 0 N–H and O–H groups in total. The Bertz CT molecular complexity index is 2910. The molecule has 0 spiro atoms. The number of anilines is 5. The molecular formula is C52H36N2S. The van der Waals surface area contributed by atoms with Crippen molar-refractivity contribution >= 4 is 66.0 Å². The maximum absolute atomic E-state index is 2.52. The quantitative estimate of drug-likeness (QED) is 0.169. The molecule has 2 nitrogen and oxygen atoms in total. The van der Waals surface area contributed by atoms with E-state index < -0.39 is 0 Å². The van der Waals surface area contributed by atoms with Gasteiger partial charge in [0.05, 0.1) is 11.7 Å². The smallest absolute Gasteiger partial charge is 0.0635 e. The van der Waals surface area contributed by atoms with E-state index in [2.05, 4.69) is 216 Å². The number of benzene rings is 8. The minimum atomic E-state index is 0.211. The molecule has 2 atom stereocenters. The van der Waals surface area contributed by atoms with Crippen molar-refractivity contribution < 1.29 is 0 Å². The van der Waals surface area contributed by atoms with Gasteiger partial charge in [-0.25, -0.2) is 0 Å². The van der Waals surface area contributed by atoms with Crippen molar-refractivity contribution in [1.29, 1.82) is 0 Å². The molecule has 3 heteroatoms. The van der Waals surface area contributed by atoms with E-state index in [0.29, 0.717) is 0 Å². The molecule has 2 heterocycles. The Labute approximate surface area is 325 Å². The Morgan fingerprint density at radius 1 is 0.473 bits per heavy atom. The van der Waals surface area contributed by atoms with E-state index in [1.807, 2.05) is 11.3 Å². The fourth-order valence-electron chi connectivity index (χ4n) is 9.02. The minimum absolute atomic E-state index is 0.211. The standard InChI is InChI=1S/C52H36N2S/c1-3-15-35(16-4-1)41-21-7-10-26-47(41)53(39-29-30-44-43-22-9-12-28-50(43)55-51(44)34-39)38-20-13-17-36(33-38)40-24-14-25-45-42(40)31-32-49-52(45)46-23-8-11-27-48(46)54(49)37-18-5-2-6-19-37/h1-34,49,52H. The molecular weight excluding hydrogens is 685 g/mol. The molecule has 55 heavy (non-hydrogen) atoms. The summed E-state index contributed by atoms with van der Waals surface area (Å²) >= 11 is 1.86. The average molecular weight is 721 g/mol. The van der Waals surface area contributed by atoms with E-state index >= 15 is 0 Å². The summed E-state index contributed by atoms with van der Waals surface area (Å²) in [5.74, 6) is 0.238. The van der Waals surface area contributed by atoms with Crippen molar-refractivity contribution in [1.82, 2.24) is 0 Å². The van der Waals surface area contributed by atoms with Gasteiger partial charge in [-0.3, -0.25) is 0 Å². The predicted octanol–water partition coefficient (Wildman–Crippen LogP) is 14.5. The number of para-hydroxylation sites is 3. The van der Waals surface area contributed by atoms with Crippen molar-refractivity contribution in [3.63, 3.8) is 0 Å². The van der Waals surface area contributed by atoms with Crippen LogP contribution in [0, 0.1) is 0 Å². The lowest BCUT2D eigenvalue weighted by atomic mass is 9.79. The SMILES string of the molecule is C1=CC2C(c3ccccc3N2c2ccccc2)c2cccc(-c3cccc(N(c4ccc5c(c4)sc4ccccc45)c4ccccc4-c4ccccc4)c3)c21. The highest BCUT2D eigenvalue weighted by Crippen LogP contribution is 2.53. The second-order valence-corrected chi connectivity index (χ2v) is 15.5. The van der Waals surface area contributed by atoms with Crippen LogP contribution in [0.3, 0.4) is 0 Å². The number of nitrogens with zero attached hydrogens (tertiary/aromatic N) is 2. The van der Waals surface area contributed by atoms with Gasteiger partial charge in [-0.1, -0.05) is 152 Å². The van der Waals surface area contributed by atoms with Crippen LogP contribution in [0.2, 0.25) is 0 Å². The zero-order valence-electron chi connectivity index (χ0n) is 30.1. The lowest BCUT2D eigenvalue weighted by Gasteiger charge is -2.32. The van der Waals surface area contributed by atoms with Crippen LogP contribution in [0.4, 0.5) is 28.4 Å². The Balaban J connectivity index is 1.07. The molecule has 2 unspecified atom stereocenters. The van der Waals surface area contributed by atoms with Crippen LogP contribution in [-0.2, 0) is 0 Å². The van der Waals surface area contributed by atoms with Crippen LogP contribution in [0.15, 0.2) is 200 Å². The van der Waals surface area contributed by atoms with Crippen LogP contribution in [0.1, 0.15) is 22.6 Å². The highest BCUT2D eigenvalue weighted by Gasteiger charge is 2.41. The lowest BCUT2D eigenvalue weighted by Crippen LogP contribution is -2.30. The van der Waals surface area contributed by atoms with Crippen molar-refractivity contribution in [2.45, 2.75) is 12.0 Å². The van der Waals surface area contributed by atoms with E-state index in [1.54, 1.807) is 0 Å². The average Bonchev–Trinajstić information content (AvgIpc) is 3.80. The molecule has 260 valence electrons. The topological polar surface area (TPSA) is 6.48 Å². The molecule has 11 rings (SSSR count). The van der Waals surface area contributed by atoms with Crippen LogP contribution in [-0.4, -0.2) is 6.04 Å². The van der Waals surface area contributed by atoms with Gasteiger partial charge in [0.2, 0.25) is 0 Å². The Morgan fingerprint density at radius 2 is 1.15 bits per heavy atom. The molecule has 1 aromatic heterocycles. The van der Waals surface area contributed by atoms with Gasteiger partial charge in [0.1, 0.15) is 0 Å². The Kier molecular flexibility index (Phi) is 7.53. The first kappa shape index (κ1) is 31.8. The Hall–Kier alpha value is -6.68. The summed E-state index contributed by atoms with van der Waals surface area (Å²) in [5, 5.41) is 2.61. The molecule has 0 saturated carbocycles. The van der Waals surface area contributed by atoms with Crippen molar-refractivity contribution in [3.8, 4) is 22.3 Å². The molecule has 9 aromatic rings. The molecule has 0 amide bonds. The molecule has 8 aromatic carbocycles. The van der Waals surface area contributed by atoms with Crippen LogP contribution < -0.4 is 9.80 Å². The second kappa shape index (κ2) is 13.0. The van der Waals surface area contributed by atoms with E-state index in [0.717, 1.165) is 17.1 Å². The fourth-order valence-corrected chi connectivity index (χ4v) is 10.2. The third-order valence-electron chi connectivity index (χ3n) is 11.4. The Morgan fingerprint density at radius 3 is 2.05 bits per heavy atom. The predicted molar refractivity (Wildman–Crippen MR) is 235 cm³/mol. The van der Waals surface area contributed by atoms with Gasteiger partial charge in [0, 0.05) is 54.4 Å². The van der Waals surface area contributed by atoms with Gasteiger partial charge >= 0.3 is 0 Å². The first-order valence-corrected chi connectivity index (χ1v) is 19.8. The van der Waals surface area contributed by atoms with Gasteiger partial charge in [-0.2, -0.15) is 0 Å². The second-order valence-electron chi connectivity index (χ2n) is 14.4. The van der Waals surface area contributed by atoms with E-state index in [1.165, 1.54) is 70.5 Å². The minimum Gasteiger partial charge on any atom is -0.333 e. The van der Waals surface area contributed by atoms with E-state index in [4.69, 9.17) is 0 Å². The third kappa shape index (κ3) is 5.23. The fraction of sp³-hybridized carbons (Fsp3) is 0.0385. The first-order chi connectivity index (χ1) is 27.3. The monoisotopic (exact) mass is 720 g/mol. The molecule has 0 fully saturated rings. The van der Waals surface area contributed by atoms with Crippen LogP contribution in [0.5, 0.6) is 0 Å². The maximum Gasteiger partial charge on any atom is 0.0635 e. The normalized spacial score (nSPS) is 15.5. The summed E-state index contributed by atoms with van der Waals surface area (Å²) in [5.41, 5.74) is 14.8. The van der Waals surface area contributed by atoms with Gasteiger partial charge in [-0.05, 0) is 88.0 Å². The van der Waals surface area contributed by atoms with Crippen molar-refractivity contribution in [2.75, 3.05) is 9.80 Å². The summed E-state index contributed by atoms with van der Waals surface area (Å²) in [6.45, 7) is 0. The van der Waals surface area contributed by atoms with Gasteiger partial charge < -0.3 is 9.80 Å². The highest BCUT2D eigenvalue weighted by atomic mass is 32.1. The van der Waals surface area contributed by atoms with Crippen molar-refractivity contribution in [3.05, 3.63) is 217 Å². The molecule has 2 aliphatic rings. The summed E-state index contributed by atoms with van der Waals surface area (Å²) in [6.07, 6.45) is 4.80. The van der Waals surface area contributed by atoms with Gasteiger partial charge in [0.15, 0.2) is 0 Å². The van der Waals surface area contributed by atoms with Gasteiger partial charge in [0.25, 0.3) is 0 Å². The number of hydrogen-bond acceptors (Lipinski definition) is 3. The zero-order valence-corrected chi connectivity index (χ0v) is 30.9. The van der Waals surface area contributed by atoms with E-state index in [-0.39, 0.29) is 12.0 Å². The van der Waals surface area contributed by atoms with E-state index in [9.17, 15) is 0 Å². The van der Waals surface area contributed by atoms with Crippen LogP contribution in [0.25, 0.3) is 48.5 Å². The zero-order chi connectivity index (χ0) is 36.3. The molecule has 1 aliphatic heterocycles. The molecule has 0 bridgehead atoms. The summed E-state index contributed by atoms with van der Waals surface area (Å²) in [4.78, 5) is 4.96. The largest absolute Gasteiger partial charge is 0.333 e. The number of rotatable bonds is 6. The van der Waals surface area contributed by atoms with Crippen LogP contribution >= 0.6 is 11.3 Å². The number of fused-ring (bicyclic) bond motifs is 8. The van der Waals surface area contributed by atoms with Gasteiger partial charge in [-0.15, -0.1) is 11.3 Å². The molecule has 0 radical (unpaired) electrons. The molecule has 0 saturated heterocycles. The van der Waals surface area contributed by atoms with Crippen molar-refractivity contribution in [2.24, 2.45) is 0 Å².